The van der Waals surface area contributed by atoms with E-state index in [1.54, 1.807) is 13.0 Å². The standard InChI is InChI=1S/C22H21N3O5S/c1-4-13-12(3)31-20(17(13)22(28)29-5-2)24-16(26)10-25-11-23-18-14-8-6-7-9-15(14)30-19(18)21(25)27/h6-9,11H,4-5,10H2,1-3H3,(H,24,26). The Morgan fingerprint density at radius 1 is 1.26 bits per heavy atom. The van der Waals surface area contributed by atoms with Crippen molar-refractivity contribution >= 4 is 50.3 Å². The number of carbonyl (C=O) groups is 2. The van der Waals surface area contributed by atoms with Gasteiger partial charge in [0.25, 0.3) is 5.56 Å². The third-order valence-electron chi connectivity index (χ3n) is 4.96. The summed E-state index contributed by atoms with van der Waals surface area (Å²) < 4.78 is 12.0. The van der Waals surface area contributed by atoms with Crippen molar-refractivity contribution in [2.75, 3.05) is 11.9 Å². The van der Waals surface area contributed by atoms with Crippen LogP contribution in [0.3, 0.4) is 0 Å². The number of ether oxygens (including phenoxy) is 1. The van der Waals surface area contributed by atoms with Gasteiger partial charge in [0.1, 0.15) is 22.6 Å². The van der Waals surface area contributed by atoms with Gasteiger partial charge in [-0.3, -0.25) is 14.2 Å². The number of aromatic nitrogens is 2. The lowest BCUT2D eigenvalue weighted by molar-refractivity contribution is -0.116. The number of hydrogen-bond acceptors (Lipinski definition) is 7. The number of furan rings is 1. The van der Waals surface area contributed by atoms with Gasteiger partial charge in [-0.15, -0.1) is 11.3 Å². The molecule has 160 valence electrons. The molecule has 0 aliphatic carbocycles. The molecule has 0 atom stereocenters. The van der Waals surface area contributed by atoms with Gasteiger partial charge in [0.05, 0.1) is 18.5 Å². The van der Waals surface area contributed by atoms with E-state index in [9.17, 15) is 14.4 Å². The van der Waals surface area contributed by atoms with E-state index in [4.69, 9.17) is 9.15 Å². The minimum atomic E-state index is -0.471. The lowest BCUT2D eigenvalue weighted by Crippen LogP contribution is -2.28. The van der Waals surface area contributed by atoms with Crippen LogP contribution in [0.15, 0.2) is 39.8 Å². The summed E-state index contributed by atoms with van der Waals surface area (Å²) in [6.45, 7) is 5.54. The molecule has 1 N–H and O–H groups in total. The van der Waals surface area contributed by atoms with Gasteiger partial charge >= 0.3 is 5.97 Å². The van der Waals surface area contributed by atoms with Crippen LogP contribution in [0, 0.1) is 6.92 Å². The number of aryl methyl sites for hydroxylation is 1. The Bertz CT molecular complexity index is 1360. The first kappa shape index (κ1) is 20.8. The molecule has 1 aromatic carbocycles. The molecule has 3 heterocycles. The van der Waals surface area contributed by atoms with Crippen LogP contribution in [-0.4, -0.2) is 28.0 Å². The zero-order valence-electron chi connectivity index (χ0n) is 17.4. The van der Waals surface area contributed by atoms with Crippen molar-refractivity contribution in [2.24, 2.45) is 0 Å². The van der Waals surface area contributed by atoms with E-state index >= 15 is 0 Å². The van der Waals surface area contributed by atoms with Gasteiger partial charge in [0.2, 0.25) is 11.5 Å². The first-order valence-corrected chi connectivity index (χ1v) is 10.7. The second-order valence-electron chi connectivity index (χ2n) is 6.92. The number of anilines is 1. The van der Waals surface area contributed by atoms with E-state index in [2.05, 4.69) is 10.3 Å². The molecule has 3 aromatic heterocycles. The number of carbonyl (C=O) groups excluding carboxylic acids is 2. The number of nitrogens with zero attached hydrogens (tertiary/aromatic N) is 2. The molecule has 4 rings (SSSR count). The summed E-state index contributed by atoms with van der Waals surface area (Å²) in [6, 6.07) is 7.24. The number of benzene rings is 1. The molecule has 0 aliphatic rings. The van der Waals surface area contributed by atoms with Crippen molar-refractivity contribution in [2.45, 2.75) is 33.7 Å². The van der Waals surface area contributed by atoms with E-state index < -0.39 is 17.4 Å². The van der Waals surface area contributed by atoms with Gasteiger partial charge in [-0.05, 0) is 38.0 Å². The summed E-state index contributed by atoms with van der Waals surface area (Å²) in [7, 11) is 0. The molecule has 0 fully saturated rings. The summed E-state index contributed by atoms with van der Waals surface area (Å²) in [5, 5.41) is 3.92. The molecule has 31 heavy (non-hydrogen) atoms. The molecular formula is C22H21N3O5S. The number of nitrogens with one attached hydrogen (secondary N) is 1. The molecule has 0 radical (unpaired) electrons. The second-order valence-corrected chi connectivity index (χ2v) is 8.14. The average molecular weight is 439 g/mol. The SMILES string of the molecule is CCOC(=O)c1c(NC(=O)Cn2cnc3c(oc4ccccc43)c2=O)sc(C)c1CC. The van der Waals surface area contributed by atoms with E-state index in [1.807, 2.05) is 32.0 Å². The van der Waals surface area contributed by atoms with Crippen LogP contribution in [-0.2, 0) is 22.5 Å². The van der Waals surface area contributed by atoms with E-state index in [0.29, 0.717) is 28.1 Å². The highest BCUT2D eigenvalue weighted by Gasteiger charge is 2.24. The summed E-state index contributed by atoms with van der Waals surface area (Å²) in [5.41, 5.74) is 1.90. The minimum Gasteiger partial charge on any atom is -0.462 e. The molecule has 0 spiro atoms. The molecule has 0 saturated carbocycles. The van der Waals surface area contributed by atoms with Crippen molar-refractivity contribution in [1.82, 2.24) is 9.55 Å². The highest BCUT2D eigenvalue weighted by Crippen LogP contribution is 2.34. The molecule has 0 unspecified atom stereocenters. The van der Waals surface area contributed by atoms with Crippen molar-refractivity contribution in [1.29, 1.82) is 0 Å². The van der Waals surface area contributed by atoms with Crippen molar-refractivity contribution in [3.8, 4) is 0 Å². The maximum absolute atomic E-state index is 12.8. The number of thiophene rings is 1. The summed E-state index contributed by atoms with van der Waals surface area (Å²) in [5.74, 6) is -0.921. The fourth-order valence-corrected chi connectivity index (χ4v) is 4.71. The largest absolute Gasteiger partial charge is 0.462 e. The van der Waals surface area contributed by atoms with Crippen LogP contribution < -0.4 is 10.9 Å². The smallest absolute Gasteiger partial charge is 0.341 e. The third kappa shape index (κ3) is 3.72. The predicted molar refractivity (Wildman–Crippen MR) is 119 cm³/mol. The van der Waals surface area contributed by atoms with Crippen molar-refractivity contribution in [3.05, 3.63) is 57.0 Å². The third-order valence-corrected chi connectivity index (χ3v) is 6.02. The maximum atomic E-state index is 12.8. The molecule has 0 aliphatic heterocycles. The topological polar surface area (TPSA) is 103 Å². The Labute approximate surface area is 181 Å². The summed E-state index contributed by atoms with van der Waals surface area (Å²) in [6.07, 6.45) is 1.97. The molecule has 9 heteroatoms. The zero-order chi connectivity index (χ0) is 22.1. The van der Waals surface area contributed by atoms with Crippen LogP contribution in [0.5, 0.6) is 0 Å². The molecule has 0 bridgehead atoms. The van der Waals surface area contributed by atoms with Crippen LogP contribution in [0.2, 0.25) is 0 Å². The molecule has 1 amide bonds. The lowest BCUT2D eigenvalue weighted by Gasteiger charge is -2.09. The quantitative estimate of drug-likeness (QED) is 0.457. The van der Waals surface area contributed by atoms with Crippen molar-refractivity contribution < 1.29 is 18.7 Å². The summed E-state index contributed by atoms with van der Waals surface area (Å²) >= 11 is 1.31. The Balaban J connectivity index is 1.63. The van der Waals surface area contributed by atoms with Gasteiger partial charge in [0, 0.05) is 10.3 Å². The monoisotopic (exact) mass is 439 g/mol. The van der Waals surface area contributed by atoms with Crippen molar-refractivity contribution in [3.63, 3.8) is 0 Å². The highest BCUT2D eigenvalue weighted by molar-refractivity contribution is 7.16. The number of fused-ring (bicyclic) bond motifs is 3. The fraction of sp³-hybridized carbons (Fsp3) is 0.273. The van der Waals surface area contributed by atoms with Crippen LogP contribution in [0.25, 0.3) is 22.1 Å². The average Bonchev–Trinajstić information content (AvgIpc) is 3.27. The number of para-hydroxylation sites is 1. The number of esters is 1. The van der Waals surface area contributed by atoms with Crippen LogP contribution in [0.4, 0.5) is 5.00 Å². The Hall–Kier alpha value is -3.46. The number of amides is 1. The fourth-order valence-electron chi connectivity index (χ4n) is 3.56. The Kier molecular flexibility index (Phi) is 5.60. The van der Waals surface area contributed by atoms with Gasteiger partial charge < -0.3 is 14.5 Å². The van der Waals surface area contributed by atoms with Gasteiger partial charge in [-0.2, -0.15) is 0 Å². The zero-order valence-corrected chi connectivity index (χ0v) is 18.2. The predicted octanol–water partition coefficient (Wildman–Crippen LogP) is 3.89. The minimum absolute atomic E-state index is 0.101. The Morgan fingerprint density at radius 3 is 2.77 bits per heavy atom. The van der Waals surface area contributed by atoms with Gasteiger partial charge in [-0.1, -0.05) is 19.1 Å². The first-order valence-electron chi connectivity index (χ1n) is 9.90. The second kappa shape index (κ2) is 8.35. The van der Waals surface area contributed by atoms with E-state index in [1.165, 1.54) is 22.2 Å². The maximum Gasteiger partial charge on any atom is 0.341 e. The molecule has 4 aromatic rings. The van der Waals surface area contributed by atoms with Crippen LogP contribution >= 0.6 is 11.3 Å². The first-order chi connectivity index (χ1) is 14.9. The van der Waals surface area contributed by atoms with E-state index in [0.717, 1.165) is 15.8 Å². The number of hydrogen-bond donors (Lipinski definition) is 1. The van der Waals surface area contributed by atoms with Gasteiger partial charge in [0.15, 0.2) is 0 Å². The lowest BCUT2D eigenvalue weighted by atomic mass is 10.1. The molecular weight excluding hydrogens is 418 g/mol. The normalized spacial score (nSPS) is 11.2. The molecule has 8 nitrogen and oxygen atoms in total. The highest BCUT2D eigenvalue weighted by atomic mass is 32.1. The molecule has 0 saturated heterocycles. The van der Waals surface area contributed by atoms with E-state index in [-0.39, 0.29) is 18.7 Å². The Morgan fingerprint density at radius 2 is 2.03 bits per heavy atom. The number of rotatable bonds is 6. The van der Waals surface area contributed by atoms with Gasteiger partial charge in [-0.25, -0.2) is 9.78 Å². The van der Waals surface area contributed by atoms with Crippen LogP contribution in [0.1, 0.15) is 34.6 Å². The summed E-state index contributed by atoms with van der Waals surface area (Å²) in [4.78, 5) is 43.2.